The Kier molecular flexibility index (Phi) is 15.4. The van der Waals surface area contributed by atoms with Gasteiger partial charge in [-0.15, -0.1) is 0 Å². The minimum absolute atomic E-state index is 0.686. The van der Waals surface area contributed by atoms with Crippen molar-refractivity contribution in [2.75, 3.05) is 19.8 Å². The van der Waals surface area contributed by atoms with Gasteiger partial charge < -0.3 is 80.8 Å². The first-order valence-electron chi connectivity index (χ1n) is 15.0. The molecule has 13 N–H and O–H groups in total. The maximum Gasteiger partial charge on any atom is 0.474 e. The SMILES string of the molecule is CC(=O)N[C@@H]1C(O)O[C@H](COP(=O)(O)OC2O[C@H](COP(=O)(O)OC3O[C@H](CO)[C@@H](O)[C@H](O)[C@@H]3NC(C)=O)[C@@H](O)[C@H](O)[C@@H]2NC(C)=O)[C@@H](O)[C@@H]1O. The van der Waals surface area contributed by atoms with Gasteiger partial charge in [-0.05, 0) is 0 Å². The van der Waals surface area contributed by atoms with Crippen LogP contribution in [0.25, 0.3) is 0 Å². The van der Waals surface area contributed by atoms with E-state index in [2.05, 4.69) is 16.0 Å². The molecule has 27 heteroatoms. The van der Waals surface area contributed by atoms with Crippen LogP contribution in [0.3, 0.4) is 0 Å². The molecule has 0 aromatic rings. The van der Waals surface area contributed by atoms with Gasteiger partial charge in [0.05, 0.1) is 19.8 Å². The summed E-state index contributed by atoms with van der Waals surface area (Å²) in [6.07, 6.45) is -22.7. The summed E-state index contributed by atoms with van der Waals surface area (Å²) in [5.74, 6) is -2.33. The maximum atomic E-state index is 12.9. The molecule has 0 bridgehead atoms. The van der Waals surface area contributed by atoms with E-state index in [4.69, 9.17) is 32.3 Å². The van der Waals surface area contributed by atoms with E-state index in [0.29, 0.717) is 0 Å². The summed E-state index contributed by atoms with van der Waals surface area (Å²) in [7, 11) is -10.7. The van der Waals surface area contributed by atoms with Crippen molar-refractivity contribution in [2.45, 2.75) is 113 Å². The standard InChI is InChI=1S/C24H43N3O22P2/c1-7(29)25-13-19(35)17(33)11(45-22(13)38)5-43-50(39,40)49-24-15(27-9(3)31)21(37)18(34)12(47-24)6-44-51(41,42)48-23-14(26-8(2)30)20(36)16(32)10(4-28)46-23/h10-24,28,32-38H,4-6H2,1-3H3,(H,25,29)(H,26,30)(H,27,31)(H,39,40)(H,41,42)/t10-,11-,12-,13+,14+,15+,16-,17-,18-,19-,20-,21-,22?,23?,24?/m1/s1. The lowest BCUT2D eigenvalue weighted by atomic mass is 9.97. The monoisotopic (exact) mass is 787 g/mol. The van der Waals surface area contributed by atoms with Crippen molar-refractivity contribution in [3.63, 3.8) is 0 Å². The number of hydrogen-bond acceptors (Lipinski definition) is 20. The third kappa shape index (κ3) is 11.6. The molecule has 17 atom stereocenters. The molecule has 3 saturated heterocycles. The lowest BCUT2D eigenvalue weighted by Gasteiger charge is -2.43. The van der Waals surface area contributed by atoms with Crippen molar-refractivity contribution in [2.24, 2.45) is 0 Å². The highest BCUT2D eigenvalue weighted by Crippen LogP contribution is 2.49. The van der Waals surface area contributed by atoms with Crippen molar-refractivity contribution < 1.29 is 106 Å². The number of phosphoric ester groups is 2. The molecule has 0 aromatic carbocycles. The van der Waals surface area contributed by atoms with Gasteiger partial charge in [-0.1, -0.05) is 0 Å². The molecule has 3 aliphatic heterocycles. The van der Waals surface area contributed by atoms with E-state index < -0.39 is 145 Å². The highest BCUT2D eigenvalue weighted by atomic mass is 31.2. The quantitative estimate of drug-likeness (QED) is 0.0727. The molecule has 3 fully saturated rings. The second kappa shape index (κ2) is 18.0. The summed E-state index contributed by atoms with van der Waals surface area (Å²) < 4.78 is 60.9. The topological polar surface area (TPSA) is 388 Å². The van der Waals surface area contributed by atoms with Gasteiger partial charge in [-0.2, -0.15) is 0 Å². The zero-order chi connectivity index (χ0) is 38.6. The van der Waals surface area contributed by atoms with Gasteiger partial charge in [0.15, 0.2) is 18.9 Å². The summed E-state index contributed by atoms with van der Waals surface area (Å²) >= 11 is 0. The van der Waals surface area contributed by atoms with Crippen LogP contribution in [0.4, 0.5) is 0 Å². The van der Waals surface area contributed by atoms with Crippen molar-refractivity contribution in [3.05, 3.63) is 0 Å². The third-order valence-electron chi connectivity index (χ3n) is 7.69. The molecule has 51 heavy (non-hydrogen) atoms. The fourth-order valence-electron chi connectivity index (χ4n) is 5.24. The second-order valence-corrected chi connectivity index (χ2v) is 14.5. The van der Waals surface area contributed by atoms with E-state index in [9.17, 15) is 74.2 Å². The van der Waals surface area contributed by atoms with E-state index in [1.165, 1.54) is 0 Å². The number of phosphoric acid groups is 2. The minimum Gasteiger partial charge on any atom is -0.394 e. The van der Waals surface area contributed by atoms with Crippen LogP contribution in [0.15, 0.2) is 0 Å². The first-order valence-corrected chi connectivity index (χ1v) is 18.0. The van der Waals surface area contributed by atoms with Crippen molar-refractivity contribution in [3.8, 4) is 0 Å². The molecular weight excluding hydrogens is 744 g/mol. The Morgan fingerprint density at radius 1 is 0.569 bits per heavy atom. The zero-order valence-corrected chi connectivity index (χ0v) is 28.8. The largest absolute Gasteiger partial charge is 0.474 e. The number of nitrogens with one attached hydrogen (secondary N) is 3. The van der Waals surface area contributed by atoms with E-state index >= 15 is 0 Å². The number of aliphatic hydroxyl groups excluding tert-OH is 8. The minimum atomic E-state index is -5.38. The van der Waals surface area contributed by atoms with E-state index in [1.54, 1.807) is 0 Å². The Hall–Kier alpha value is -1.81. The summed E-state index contributed by atoms with van der Waals surface area (Å²) in [6.45, 7) is -0.0598. The highest BCUT2D eigenvalue weighted by Gasteiger charge is 2.51. The van der Waals surface area contributed by atoms with Crippen LogP contribution in [0.2, 0.25) is 0 Å². The lowest BCUT2D eigenvalue weighted by molar-refractivity contribution is -0.259. The molecule has 0 aromatic heterocycles. The van der Waals surface area contributed by atoms with Crippen LogP contribution in [-0.2, 0) is 55.8 Å². The lowest BCUT2D eigenvalue weighted by Crippen LogP contribution is -2.64. The number of hydrogen-bond donors (Lipinski definition) is 13. The Morgan fingerprint density at radius 2 is 0.902 bits per heavy atom. The van der Waals surface area contributed by atoms with Gasteiger partial charge in [0.25, 0.3) is 0 Å². The fourth-order valence-corrected chi connectivity index (χ4v) is 6.92. The zero-order valence-electron chi connectivity index (χ0n) is 27.0. The molecule has 0 radical (unpaired) electrons. The molecule has 3 amide bonds. The van der Waals surface area contributed by atoms with E-state index in [0.717, 1.165) is 20.8 Å². The number of ether oxygens (including phenoxy) is 3. The number of aliphatic hydroxyl groups is 8. The van der Waals surface area contributed by atoms with Gasteiger partial charge in [0, 0.05) is 20.8 Å². The number of rotatable bonds is 14. The maximum absolute atomic E-state index is 12.9. The summed E-state index contributed by atoms with van der Waals surface area (Å²) in [5.41, 5.74) is 0. The summed E-state index contributed by atoms with van der Waals surface area (Å²) in [5, 5.41) is 88.4. The van der Waals surface area contributed by atoms with Crippen LogP contribution in [0.1, 0.15) is 20.8 Å². The summed E-state index contributed by atoms with van der Waals surface area (Å²) in [4.78, 5) is 55.5. The molecular formula is C24H43N3O22P2. The molecule has 3 aliphatic rings. The molecule has 3 heterocycles. The normalized spacial score (nSPS) is 41.1. The Bertz CT molecular complexity index is 1310. The van der Waals surface area contributed by atoms with Crippen molar-refractivity contribution in [1.29, 1.82) is 0 Å². The van der Waals surface area contributed by atoms with Gasteiger partial charge >= 0.3 is 15.6 Å². The molecule has 296 valence electrons. The van der Waals surface area contributed by atoms with Crippen molar-refractivity contribution >= 4 is 33.4 Å². The third-order valence-corrected chi connectivity index (χ3v) is 9.59. The van der Waals surface area contributed by atoms with Gasteiger partial charge in [0.2, 0.25) is 17.7 Å². The molecule has 25 nitrogen and oxygen atoms in total. The molecule has 0 aliphatic carbocycles. The van der Waals surface area contributed by atoms with Gasteiger partial charge in [-0.25, -0.2) is 9.13 Å². The van der Waals surface area contributed by atoms with Gasteiger partial charge in [-0.3, -0.25) is 32.5 Å². The van der Waals surface area contributed by atoms with Crippen molar-refractivity contribution in [1.82, 2.24) is 16.0 Å². The van der Waals surface area contributed by atoms with Gasteiger partial charge in [0.1, 0.15) is 73.1 Å². The number of carbonyl (C=O) groups is 3. The van der Waals surface area contributed by atoms with Crippen LogP contribution in [0.5, 0.6) is 0 Å². The first-order chi connectivity index (χ1) is 23.6. The van der Waals surface area contributed by atoms with E-state index in [-0.39, 0.29) is 0 Å². The van der Waals surface area contributed by atoms with Crippen LogP contribution >= 0.6 is 15.6 Å². The Morgan fingerprint density at radius 3 is 1.29 bits per heavy atom. The molecule has 5 unspecified atom stereocenters. The smallest absolute Gasteiger partial charge is 0.394 e. The highest BCUT2D eigenvalue weighted by molar-refractivity contribution is 7.47. The van der Waals surface area contributed by atoms with E-state index in [1.807, 2.05) is 0 Å². The number of carbonyl (C=O) groups excluding carboxylic acids is 3. The molecule has 3 rings (SSSR count). The van der Waals surface area contributed by atoms with Crippen LogP contribution < -0.4 is 16.0 Å². The predicted molar refractivity (Wildman–Crippen MR) is 158 cm³/mol. The molecule has 0 spiro atoms. The Labute approximate surface area is 288 Å². The summed E-state index contributed by atoms with van der Waals surface area (Å²) in [6, 6.07) is -4.94. The predicted octanol–water partition coefficient (Wildman–Crippen LogP) is -6.91. The second-order valence-electron chi connectivity index (χ2n) is 11.7. The van der Waals surface area contributed by atoms with Crippen LogP contribution in [0, 0.1) is 0 Å². The number of amides is 3. The van der Waals surface area contributed by atoms with Crippen LogP contribution in [-0.4, -0.2) is 180 Å². The average molecular weight is 788 g/mol. The first kappa shape index (κ1) is 43.6. The molecule has 0 saturated carbocycles. The fraction of sp³-hybridized carbons (Fsp3) is 0.875. The average Bonchev–Trinajstić information content (AvgIpc) is 3.02. The Balaban J connectivity index is 1.70.